The van der Waals surface area contributed by atoms with Crippen molar-refractivity contribution in [3.05, 3.63) is 89.7 Å². The van der Waals surface area contributed by atoms with Crippen molar-refractivity contribution in [1.82, 2.24) is 5.32 Å². The van der Waals surface area contributed by atoms with E-state index in [2.05, 4.69) is 11.4 Å². The first-order valence-corrected chi connectivity index (χ1v) is 9.29. The van der Waals surface area contributed by atoms with Crippen molar-refractivity contribution in [1.29, 1.82) is 5.26 Å². The Morgan fingerprint density at radius 1 is 0.931 bits per heavy atom. The number of nitrogens with zero attached hydrogens (tertiary/aromatic N) is 1. The standard InChI is InChI=1S/C24H21FN2O2/c1-16(19-7-11-22(25)12-8-19)27-24(28)17(2)29-23-13-9-21(10-14-23)20-5-3-18(15-26)4-6-20/h3-14,16-17H,1-2H3,(H,27,28)/t16-,17-/m0/s1. The van der Waals surface area contributed by atoms with Gasteiger partial charge in [-0.2, -0.15) is 5.26 Å². The molecule has 1 amide bonds. The zero-order valence-electron chi connectivity index (χ0n) is 16.2. The highest BCUT2D eigenvalue weighted by atomic mass is 19.1. The van der Waals surface area contributed by atoms with Gasteiger partial charge in [0.25, 0.3) is 5.91 Å². The fourth-order valence-electron chi connectivity index (χ4n) is 2.89. The molecule has 0 fully saturated rings. The molecule has 0 aliphatic rings. The van der Waals surface area contributed by atoms with E-state index in [1.165, 1.54) is 12.1 Å². The van der Waals surface area contributed by atoms with Gasteiger partial charge in [-0.1, -0.05) is 36.4 Å². The Hall–Kier alpha value is -3.65. The summed E-state index contributed by atoms with van der Waals surface area (Å²) in [5, 5.41) is 11.8. The number of ether oxygens (including phenoxy) is 1. The van der Waals surface area contributed by atoms with E-state index in [1.54, 1.807) is 43.3 Å². The zero-order chi connectivity index (χ0) is 20.8. The Morgan fingerprint density at radius 3 is 2.03 bits per heavy atom. The lowest BCUT2D eigenvalue weighted by molar-refractivity contribution is -0.127. The lowest BCUT2D eigenvalue weighted by Crippen LogP contribution is -2.37. The van der Waals surface area contributed by atoms with E-state index in [9.17, 15) is 9.18 Å². The number of nitrogens with one attached hydrogen (secondary N) is 1. The van der Waals surface area contributed by atoms with Crippen LogP contribution in [0.25, 0.3) is 11.1 Å². The van der Waals surface area contributed by atoms with Crippen LogP contribution in [-0.4, -0.2) is 12.0 Å². The summed E-state index contributed by atoms with van der Waals surface area (Å²) in [6, 6.07) is 22.6. The number of carbonyl (C=O) groups is 1. The van der Waals surface area contributed by atoms with Crippen LogP contribution in [0, 0.1) is 17.1 Å². The SMILES string of the molecule is C[C@H](Oc1ccc(-c2ccc(C#N)cc2)cc1)C(=O)N[C@@H](C)c1ccc(F)cc1. The average molecular weight is 388 g/mol. The van der Waals surface area contributed by atoms with Crippen molar-refractivity contribution in [2.45, 2.75) is 26.0 Å². The molecule has 0 spiro atoms. The van der Waals surface area contributed by atoms with E-state index in [1.807, 2.05) is 31.2 Å². The number of hydrogen-bond acceptors (Lipinski definition) is 3. The van der Waals surface area contributed by atoms with Gasteiger partial charge in [0, 0.05) is 0 Å². The van der Waals surface area contributed by atoms with Crippen molar-refractivity contribution < 1.29 is 13.9 Å². The molecular weight excluding hydrogens is 367 g/mol. The van der Waals surface area contributed by atoms with Crippen LogP contribution in [0.2, 0.25) is 0 Å². The van der Waals surface area contributed by atoms with Gasteiger partial charge in [-0.3, -0.25) is 4.79 Å². The highest BCUT2D eigenvalue weighted by molar-refractivity contribution is 5.81. The molecule has 4 nitrogen and oxygen atoms in total. The van der Waals surface area contributed by atoms with Crippen LogP contribution in [0.5, 0.6) is 5.75 Å². The minimum Gasteiger partial charge on any atom is -0.481 e. The van der Waals surface area contributed by atoms with E-state index < -0.39 is 6.10 Å². The van der Waals surface area contributed by atoms with Crippen LogP contribution in [0.3, 0.4) is 0 Å². The minimum absolute atomic E-state index is 0.252. The smallest absolute Gasteiger partial charge is 0.261 e. The molecule has 0 bridgehead atoms. The van der Waals surface area contributed by atoms with E-state index in [-0.39, 0.29) is 17.8 Å². The van der Waals surface area contributed by atoms with Crippen molar-refractivity contribution >= 4 is 5.91 Å². The van der Waals surface area contributed by atoms with Crippen LogP contribution in [0.1, 0.15) is 31.0 Å². The third-order valence-electron chi connectivity index (χ3n) is 4.61. The maximum atomic E-state index is 13.0. The largest absolute Gasteiger partial charge is 0.481 e. The second kappa shape index (κ2) is 9.03. The predicted molar refractivity (Wildman–Crippen MR) is 110 cm³/mol. The van der Waals surface area contributed by atoms with Crippen LogP contribution >= 0.6 is 0 Å². The first-order chi connectivity index (χ1) is 14.0. The van der Waals surface area contributed by atoms with Crippen LogP contribution in [0.15, 0.2) is 72.8 Å². The van der Waals surface area contributed by atoms with Gasteiger partial charge in [0.05, 0.1) is 17.7 Å². The zero-order valence-corrected chi connectivity index (χ0v) is 16.2. The van der Waals surface area contributed by atoms with Gasteiger partial charge in [-0.25, -0.2) is 4.39 Å². The molecule has 0 saturated carbocycles. The van der Waals surface area contributed by atoms with Gasteiger partial charge in [0.15, 0.2) is 6.10 Å². The van der Waals surface area contributed by atoms with E-state index in [4.69, 9.17) is 10.00 Å². The molecule has 0 aromatic heterocycles. The molecule has 0 heterocycles. The van der Waals surface area contributed by atoms with Crippen molar-refractivity contribution in [3.63, 3.8) is 0 Å². The van der Waals surface area contributed by atoms with E-state index in [0.29, 0.717) is 11.3 Å². The topological polar surface area (TPSA) is 62.1 Å². The van der Waals surface area contributed by atoms with Crippen molar-refractivity contribution in [2.24, 2.45) is 0 Å². The number of benzene rings is 3. The second-order valence-corrected chi connectivity index (χ2v) is 6.76. The van der Waals surface area contributed by atoms with Gasteiger partial charge >= 0.3 is 0 Å². The third-order valence-corrected chi connectivity index (χ3v) is 4.61. The molecule has 1 N–H and O–H groups in total. The normalized spacial score (nSPS) is 12.5. The molecule has 29 heavy (non-hydrogen) atoms. The molecule has 0 saturated heterocycles. The first-order valence-electron chi connectivity index (χ1n) is 9.29. The monoisotopic (exact) mass is 388 g/mol. The van der Waals surface area contributed by atoms with Crippen LogP contribution in [-0.2, 0) is 4.79 Å². The third kappa shape index (κ3) is 5.20. The van der Waals surface area contributed by atoms with Crippen molar-refractivity contribution in [2.75, 3.05) is 0 Å². The fraction of sp³-hybridized carbons (Fsp3) is 0.167. The molecule has 5 heteroatoms. The Morgan fingerprint density at radius 2 is 1.48 bits per heavy atom. The molecular formula is C24H21FN2O2. The summed E-state index contributed by atoms with van der Waals surface area (Å²) in [6.45, 7) is 3.52. The van der Waals surface area contributed by atoms with Gasteiger partial charge < -0.3 is 10.1 Å². The molecule has 146 valence electrons. The summed E-state index contributed by atoms with van der Waals surface area (Å²) in [5.74, 6) is 0.0194. The summed E-state index contributed by atoms with van der Waals surface area (Å²) >= 11 is 0. The molecule has 0 aliphatic carbocycles. The lowest BCUT2D eigenvalue weighted by atomic mass is 10.0. The molecule has 0 unspecified atom stereocenters. The number of nitriles is 1. The molecule has 0 radical (unpaired) electrons. The number of carbonyl (C=O) groups excluding carboxylic acids is 1. The van der Waals surface area contributed by atoms with Gasteiger partial charge in [0.1, 0.15) is 11.6 Å². The Bertz CT molecular complexity index is 1010. The molecule has 3 aromatic rings. The summed E-state index contributed by atoms with van der Waals surface area (Å²) in [6.07, 6.45) is -0.682. The fourth-order valence-corrected chi connectivity index (χ4v) is 2.89. The Balaban J connectivity index is 1.59. The van der Waals surface area contributed by atoms with Crippen LogP contribution < -0.4 is 10.1 Å². The van der Waals surface area contributed by atoms with E-state index in [0.717, 1.165) is 16.7 Å². The molecule has 0 aliphatic heterocycles. The molecule has 2 atom stereocenters. The Kier molecular flexibility index (Phi) is 6.25. The minimum atomic E-state index is -0.682. The summed E-state index contributed by atoms with van der Waals surface area (Å²) in [7, 11) is 0. The highest BCUT2D eigenvalue weighted by Gasteiger charge is 2.18. The van der Waals surface area contributed by atoms with Crippen molar-refractivity contribution in [3.8, 4) is 22.9 Å². The quantitative estimate of drug-likeness (QED) is 0.646. The maximum absolute atomic E-state index is 13.0. The number of hydrogen-bond donors (Lipinski definition) is 1. The summed E-state index contributed by atoms with van der Waals surface area (Å²) < 4.78 is 18.8. The summed E-state index contributed by atoms with van der Waals surface area (Å²) in [4.78, 5) is 12.4. The maximum Gasteiger partial charge on any atom is 0.261 e. The number of rotatable bonds is 6. The Labute approximate surface area is 169 Å². The lowest BCUT2D eigenvalue weighted by Gasteiger charge is -2.19. The molecule has 3 aromatic carbocycles. The van der Waals surface area contributed by atoms with Crippen LogP contribution in [0.4, 0.5) is 4.39 Å². The van der Waals surface area contributed by atoms with Gasteiger partial charge in [0.2, 0.25) is 0 Å². The highest BCUT2D eigenvalue weighted by Crippen LogP contribution is 2.23. The number of halogens is 1. The molecule has 3 rings (SSSR count). The summed E-state index contributed by atoms with van der Waals surface area (Å²) in [5.41, 5.74) is 3.42. The predicted octanol–water partition coefficient (Wildman–Crippen LogP) is 5.01. The van der Waals surface area contributed by atoms with Gasteiger partial charge in [-0.05, 0) is 66.9 Å². The second-order valence-electron chi connectivity index (χ2n) is 6.76. The number of amides is 1. The van der Waals surface area contributed by atoms with Gasteiger partial charge in [-0.15, -0.1) is 0 Å². The van der Waals surface area contributed by atoms with E-state index >= 15 is 0 Å². The first kappa shape index (κ1) is 20.1. The average Bonchev–Trinajstić information content (AvgIpc) is 2.74.